The van der Waals surface area contributed by atoms with Gasteiger partial charge in [0.05, 0.1) is 6.54 Å². The van der Waals surface area contributed by atoms with E-state index in [2.05, 4.69) is 25.4 Å². The van der Waals surface area contributed by atoms with Crippen molar-refractivity contribution in [1.82, 2.24) is 25.3 Å². The average molecular weight is 452 g/mol. The molecule has 3 aliphatic heterocycles. The molecule has 0 aromatic heterocycles. The second kappa shape index (κ2) is 9.19. The van der Waals surface area contributed by atoms with Crippen LogP contribution in [0.5, 0.6) is 0 Å². The van der Waals surface area contributed by atoms with Gasteiger partial charge in [0.2, 0.25) is 5.91 Å². The molecule has 2 bridgehead atoms. The van der Waals surface area contributed by atoms with Gasteiger partial charge in [-0.2, -0.15) is 0 Å². The van der Waals surface area contributed by atoms with E-state index in [-0.39, 0.29) is 35.4 Å². The van der Waals surface area contributed by atoms with Crippen molar-refractivity contribution in [3.8, 4) is 0 Å². The standard InChI is InChI=1S/C16H32N6O.HI/c1-16(2,3)19-14(23)12-20(5)15(17-4)18-10-13-11-21-6-8-22(13)9-7-21;/h13H,6-12H2,1-5H3,(H,17,18)(H,19,23);1H. The molecule has 3 rings (SSSR count). The lowest BCUT2D eigenvalue weighted by Crippen LogP contribution is -2.64. The van der Waals surface area contributed by atoms with Crippen LogP contribution >= 0.6 is 24.0 Å². The van der Waals surface area contributed by atoms with Crippen molar-refractivity contribution in [1.29, 1.82) is 0 Å². The molecule has 8 heteroatoms. The molecular formula is C16H33IN6O. The van der Waals surface area contributed by atoms with Gasteiger partial charge in [-0.05, 0) is 20.8 Å². The fraction of sp³-hybridized carbons (Fsp3) is 0.875. The maximum absolute atomic E-state index is 12.0. The number of hydrogen-bond donors (Lipinski definition) is 2. The lowest BCUT2D eigenvalue weighted by molar-refractivity contribution is -0.122. The lowest BCUT2D eigenvalue weighted by atomic mass is 10.1. The molecule has 1 atom stereocenters. The molecule has 0 aliphatic carbocycles. The third-order valence-corrected chi connectivity index (χ3v) is 4.36. The van der Waals surface area contributed by atoms with Gasteiger partial charge in [0, 0.05) is 64.9 Å². The fourth-order valence-electron chi connectivity index (χ4n) is 3.26. The number of amides is 1. The molecule has 0 aromatic rings. The van der Waals surface area contributed by atoms with Gasteiger partial charge in [-0.1, -0.05) is 0 Å². The number of aliphatic imine (C=N–C) groups is 1. The Morgan fingerprint density at radius 3 is 2.33 bits per heavy atom. The Hall–Kier alpha value is -0.610. The highest BCUT2D eigenvalue weighted by Crippen LogP contribution is 2.14. The van der Waals surface area contributed by atoms with Crippen LogP contribution in [0.1, 0.15) is 20.8 Å². The van der Waals surface area contributed by atoms with Crippen molar-refractivity contribution in [2.75, 3.05) is 59.9 Å². The Morgan fingerprint density at radius 1 is 1.25 bits per heavy atom. The number of piperazine rings is 3. The first-order valence-corrected chi connectivity index (χ1v) is 8.47. The molecule has 1 unspecified atom stereocenters. The van der Waals surface area contributed by atoms with Gasteiger partial charge in [-0.15, -0.1) is 24.0 Å². The van der Waals surface area contributed by atoms with E-state index in [0.29, 0.717) is 12.6 Å². The third-order valence-electron chi connectivity index (χ3n) is 4.36. The number of carbonyl (C=O) groups excluding carboxylic acids is 1. The second-order valence-electron chi connectivity index (χ2n) is 7.57. The summed E-state index contributed by atoms with van der Waals surface area (Å²) >= 11 is 0. The summed E-state index contributed by atoms with van der Waals surface area (Å²) in [6.07, 6.45) is 0. The van der Waals surface area contributed by atoms with E-state index in [0.717, 1.165) is 32.1 Å². The number of rotatable bonds is 4. The van der Waals surface area contributed by atoms with Crippen LogP contribution in [-0.4, -0.2) is 98.1 Å². The van der Waals surface area contributed by atoms with Gasteiger partial charge >= 0.3 is 0 Å². The van der Waals surface area contributed by atoms with Crippen LogP contribution in [0, 0.1) is 0 Å². The minimum atomic E-state index is -0.210. The Morgan fingerprint density at radius 2 is 1.88 bits per heavy atom. The van der Waals surface area contributed by atoms with Gasteiger partial charge in [0.25, 0.3) is 0 Å². The van der Waals surface area contributed by atoms with Crippen LogP contribution in [-0.2, 0) is 4.79 Å². The number of likely N-dealkylation sites (N-methyl/N-ethyl adjacent to an activating group) is 1. The summed E-state index contributed by atoms with van der Waals surface area (Å²) < 4.78 is 0. The summed E-state index contributed by atoms with van der Waals surface area (Å²) in [4.78, 5) is 23.3. The molecule has 3 aliphatic rings. The molecule has 0 radical (unpaired) electrons. The molecule has 3 fully saturated rings. The molecule has 7 nitrogen and oxygen atoms in total. The van der Waals surface area contributed by atoms with Crippen molar-refractivity contribution in [3.63, 3.8) is 0 Å². The van der Waals surface area contributed by atoms with Crippen molar-refractivity contribution in [3.05, 3.63) is 0 Å². The monoisotopic (exact) mass is 452 g/mol. The zero-order chi connectivity index (χ0) is 17.0. The van der Waals surface area contributed by atoms with Gasteiger partial charge < -0.3 is 15.5 Å². The fourth-order valence-corrected chi connectivity index (χ4v) is 3.26. The van der Waals surface area contributed by atoms with Crippen molar-refractivity contribution >= 4 is 35.8 Å². The number of hydrogen-bond acceptors (Lipinski definition) is 4. The van der Waals surface area contributed by atoms with Crippen LogP contribution in [0.3, 0.4) is 0 Å². The number of guanidine groups is 1. The summed E-state index contributed by atoms with van der Waals surface area (Å²) in [6.45, 7) is 13.0. The number of halogens is 1. The van der Waals surface area contributed by atoms with Gasteiger partial charge in [-0.25, -0.2) is 0 Å². The predicted molar refractivity (Wildman–Crippen MR) is 109 cm³/mol. The van der Waals surface area contributed by atoms with Crippen molar-refractivity contribution in [2.45, 2.75) is 32.4 Å². The van der Waals surface area contributed by atoms with Crippen LogP contribution in [0.15, 0.2) is 4.99 Å². The molecular weight excluding hydrogens is 419 g/mol. The van der Waals surface area contributed by atoms with Gasteiger partial charge in [0.1, 0.15) is 0 Å². The van der Waals surface area contributed by atoms with Crippen LogP contribution in [0.2, 0.25) is 0 Å². The maximum atomic E-state index is 12.0. The average Bonchev–Trinajstić information content (AvgIpc) is 2.47. The minimum Gasteiger partial charge on any atom is -0.355 e. The van der Waals surface area contributed by atoms with Crippen LogP contribution < -0.4 is 10.6 Å². The summed E-state index contributed by atoms with van der Waals surface area (Å²) in [6, 6.07) is 0.533. The third kappa shape index (κ3) is 6.36. The first-order chi connectivity index (χ1) is 10.8. The molecule has 24 heavy (non-hydrogen) atoms. The number of fused-ring (bicyclic) bond motifs is 3. The Balaban J connectivity index is 0.00000288. The van der Waals surface area contributed by atoms with Crippen LogP contribution in [0.4, 0.5) is 0 Å². The highest BCUT2D eigenvalue weighted by molar-refractivity contribution is 14.0. The quantitative estimate of drug-likeness (QED) is 0.358. The smallest absolute Gasteiger partial charge is 0.240 e. The molecule has 3 heterocycles. The summed E-state index contributed by atoms with van der Waals surface area (Å²) in [5.74, 6) is 0.779. The maximum Gasteiger partial charge on any atom is 0.240 e. The number of nitrogens with one attached hydrogen (secondary N) is 2. The zero-order valence-corrected chi connectivity index (χ0v) is 18.0. The van der Waals surface area contributed by atoms with E-state index in [1.807, 2.05) is 32.7 Å². The predicted octanol–water partition coefficient (Wildman–Crippen LogP) is 0.0261. The van der Waals surface area contributed by atoms with E-state index in [1.165, 1.54) is 13.1 Å². The lowest BCUT2D eigenvalue weighted by Gasteiger charge is -2.47. The molecule has 0 spiro atoms. The highest BCUT2D eigenvalue weighted by Gasteiger charge is 2.31. The molecule has 2 N–H and O–H groups in total. The zero-order valence-electron chi connectivity index (χ0n) is 15.6. The summed E-state index contributed by atoms with van der Waals surface area (Å²) in [5.41, 5.74) is -0.210. The Labute approximate surface area is 163 Å². The Bertz CT molecular complexity index is 442. The van der Waals surface area contributed by atoms with E-state index >= 15 is 0 Å². The van der Waals surface area contributed by atoms with E-state index in [9.17, 15) is 4.79 Å². The van der Waals surface area contributed by atoms with Crippen molar-refractivity contribution in [2.24, 2.45) is 4.99 Å². The molecule has 3 saturated heterocycles. The number of carbonyl (C=O) groups is 1. The van der Waals surface area contributed by atoms with Gasteiger partial charge in [0.15, 0.2) is 5.96 Å². The van der Waals surface area contributed by atoms with E-state index in [4.69, 9.17) is 0 Å². The second-order valence-corrected chi connectivity index (χ2v) is 7.57. The topological polar surface area (TPSA) is 63.2 Å². The van der Waals surface area contributed by atoms with Gasteiger partial charge in [-0.3, -0.25) is 19.6 Å². The first-order valence-electron chi connectivity index (χ1n) is 8.47. The normalized spacial score (nSPS) is 26.5. The molecule has 140 valence electrons. The van der Waals surface area contributed by atoms with Crippen molar-refractivity contribution < 1.29 is 4.79 Å². The molecule has 1 amide bonds. The molecule has 0 saturated carbocycles. The SMILES string of the molecule is CN=C(NCC1CN2CCN1CC2)N(C)CC(=O)NC(C)(C)C.I. The largest absolute Gasteiger partial charge is 0.355 e. The Kier molecular flexibility index (Phi) is 8.21. The van der Waals surface area contributed by atoms with Crippen LogP contribution in [0.25, 0.3) is 0 Å². The van der Waals surface area contributed by atoms with E-state index in [1.54, 1.807) is 7.05 Å². The minimum absolute atomic E-state index is 0. The summed E-state index contributed by atoms with van der Waals surface area (Å²) in [7, 11) is 3.66. The van der Waals surface area contributed by atoms with E-state index < -0.39 is 0 Å². The molecule has 0 aromatic carbocycles. The summed E-state index contributed by atoms with van der Waals surface area (Å²) in [5, 5.41) is 6.40. The number of nitrogens with zero attached hydrogens (tertiary/aromatic N) is 4. The highest BCUT2D eigenvalue weighted by atomic mass is 127. The first kappa shape index (κ1) is 21.4.